The number of amides is 2. The van der Waals surface area contributed by atoms with Gasteiger partial charge in [0.25, 0.3) is 11.8 Å². The monoisotopic (exact) mass is 384 g/mol. The van der Waals surface area contributed by atoms with Gasteiger partial charge in [0.2, 0.25) is 0 Å². The van der Waals surface area contributed by atoms with Crippen molar-refractivity contribution in [2.45, 2.75) is 52.5 Å². The van der Waals surface area contributed by atoms with Crippen molar-refractivity contribution in [1.82, 2.24) is 29.5 Å². The number of likely N-dealkylation sites (tertiary alicyclic amines) is 1. The molecule has 8 nitrogen and oxygen atoms in total. The van der Waals surface area contributed by atoms with Gasteiger partial charge >= 0.3 is 0 Å². The first kappa shape index (κ1) is 18.7. The van der Waals surface area contributed by atoms with E-state index < -0.39 is 0 Å². The standard InChI is InChI=1S/C20H28N6O2/c1-4-14-11-21-23-16(14)15-7-6-8-25(12-15)19(27)17-18-20(28)24(5-2)9-10-26(18)13(3)22-17/h11,15H,4-10,12H2,1-3H3,(H,21,23)/t15-/m1/s1. The zero-order chi connectivity index (χ0) is 19.8. The van der Waals surface area contributed by atoms with Gasteiger partial charge in [-0.25, -0.2) is 4.98 Å². The topological polar surface area (TPSA) is 87.1 Å². The van der Waals surface area contributed by atoms with Crippen molar-refractivity contribution in [2.24, 2.45) is 0 Å². The Morgan fingerprint density at radius 3 is 2.86 bits per heavy atom. The number of aromatic nitrogens is 4. The van der Waals surface area contributed by atoms with E-state index in [0.717, 1.165) is 30.8 Å². The molecule has 1 saturated heterocycles. The molecule has 0 spiro atoms. The Morgan fingerprint density at radius 2 is 2.11 bits per heavy atom. The van der Waals surface area contributed by atoms with Crippen LogP contribution in [0.4, 0.5) is 0 Å². The molecular weight excluding hydrogens is 356 g/mol. The second-order valence-electron chi connectivity index (χ2n) is 7.65. The molecule has 0 aromatic carbocycles. The summed E-state index contributed by atoms with van der Waals surface area (Å²) >= 11 is 0. The van der Waals surface area contributed by atoms with Gasteiger partial charge in [0.15, 0.2) is 5.69 Å². The Kier molecular flexibility index (Phi) is 4.95. The minimum Gasteiger partial charge on any atom is -0.337 e. The van der Waals surface area contributed by atoms with E-state index in [1.54, 1.807) is 4.90 Å². The number of rotatable bonds is 4. The second-order valence-corrected chi connectivity index (χ2v) is 7.65. The SMILES string of the molecule is CCc1cn[nH]c1[C@@H]1CCCN(C(=O)c2nc(C)n3c2C(=O)N(CC)CC3)C1. The van der Waals surface area contributed by atoms with Crippen LogP contribution in [-0.2, 0) is 13.0 Å². The summed E-state index contributed by atoms with van der Waals surface area (Å²) in [5, 5.41) is 7.32. The highest BCUT2D eigenvalue weighted by atomic mass is 16.2. The van der Waals surface area contributed by atoms with Crippen LogP contribution in [0, 0.1) is 6.92 Å². The third-order valence-electron chi connectivity index (χ3n) is 6.08. The fourth-order valence-electron chi connectivity index (χ4n) is 4.48. The lowest BCUT2D eigenvalue weighted by Crippen LogP contribution is -2.43. The molecule has 1 atom stereocenters. The van der Waals surface area contributed by atoms with Gasteiger partial charge in [-0.1, -0.05) is 6.92 Å². The van der Waals surface area contributed by atoms with Crippen molar-refractivity contribution >= 4 is 11.8 Å². The van der Waals surface area contributed by atoms with E-state index in [9.17, 15) is 9.59 Å². The number of piperidine rings is 1. The van der Waals surface area contributed by atoms with Crippen LogP contribution in [0.5, 0.6) is 0 Å². The Labute approximate surface area is 164 Å². The number of H-pyrrole nitrogens is 1. The maximum Gasteiger partial charge on any atom is 0.274 e. The second kappa shape index (κ2) is 7.41. The number of carbonyl (C=O) groups is 2. The van der Waals surface area contributed by atoms with Crippen LogP contribution in [0.1, 0.15) is 70.7 Å². The Bertz CT molecular complexity index is 899. The first-order valence-corrected chi connectivity index (χ1v) is 10.2. The number of hydrogen-bond donors (Lipinski definition) is 1. The van der Waals surface area contributed by atoms with Crippen LogP contribution < -0.4 is 0 Å². The molecule has 0 bridgehead atoms. The molecular formula is C20H28N6O2. The molecule has 0 unspecified atom stereocenters. The van der Waals surface area contributed by atoms with Crippen molar-refractivity contribution in [2.75, 3.05) is 26.2 Å². The average molecular weight is 384 g/mol. The number of aryl methyl sites for hydroxylation is 2. The van der Waals surface area contributed by atoms with E-state index in [1.165, 1.54) is 5.56 Å². The van der Waals surface area contributed by atoms with E-state index in [4.69, 9.17) is 0 Å². The molecule has 1 fully saturated rings. The summed E-state index contributed by atoms with van der Waals surface area (Å²) in [7, 11) is 0. The maximum absolute atomic E-state index is 13.3. The number of likely N-dealkylation sites (N-methyl/N-ethyl adjacent to an activating group) is 1. The van der Waals surface area contributed by atoms with E-state index in [1.807, 2.05) is 29.5 Å². The van der Waals surface area contributed by atoms with Gasteiger partial charge < -0.3 is 14.4 Å². The van der Waals surface area contributed by atoms with Crippen LogP contribution in [0.3, 0.4) is 0 Å². The Hall–Kier alpha value is -2.64. The van der Waals surface area contributed by atoms with Crippen LogP contribution >= 0.6 is 0 Å². The third-order valence-corrected chi connectivity index (χ3v) is 6.08. The number of carbonyl (C=O) groups excluding carboxylic acids is 2. The van der Waals surface area contributed by atoms with E-state index >= 15 is 0 Å². The lowest BCUT2D eigenvalue weighted by molar-refractivity contribution is 0.0662. The Morgan fingerprint density at radius 1 is 1.29 bits per heavy atom. The summed E-state index contributed by atoms with van der Waals surface area (Å²) < 4.78 is 1.90. The molecule has 2 aromatic heterocycles. The van der Waals surface area contributed by atoms with E-state index in [0.29, 0.717) is 44.1 Å². The van der Waals surface area contributed by atoms with Crippen molar-refractivity contribution in [3.8, 4) is 0 Å². The van der Waals surface area contributed by atoms with E-state index in [2.05, 4.69) is 22.1 Å². The summed E-state index contributed by atoms with van der Waals surface area (Å²) in [4.78, 5) is 34.4. The van der Waals surface area contributed by atoms with Crippen LogP contribution in [0.25, 0.3) is 0 Å². The molecule has 4 rings (SSSR count). The predicted molar refractivity (Wildman–Crippen MR) is 104 cm³/mol. The fourth-order valence-corrected chi connectivity index (χ4v) is 4.48. The first-order valence-electron chi connectivity index (χ1n) is 10.2. The molecule has 28 heavy (non-hydrogen) atoms. The smallest absolute Gasteiger partial charge is 0.274 e. The van der Waals surface area contributed by atoms with Gasteiger partial charge in [0, 0.05) is 44.3 Å². The highest BCUT2D eigenvalue weighted by Crippen LogP contribution is 2.29. The van der Waals surface area contributed by atoms with Gasteiger partial charge in [0.05, 0.1) is 6.20 Å². The zero-order valence-electron chi connectivity index (χ0n) is 16.9. The quantitative estimate of drug-likeness (QED) is 0.873. The zero-order valence-corrected chi connectivity index (χ0v) is 16.9. The van der Waals surface area contributed by atoms with Crippen molar-refractivity contribution < 1.29 is 9.59 Å². The lowest BCUT2D eigenvalue weighted by atomic mass is 9.91. The van der Waals surface area contributed by atoms with Crippen molar-refractivity contribution in [3.63, 3.8) is 0 Å². The maximum atomic E-state index is 13.3. The summed E-state index contributed by atoms with van der Waals surface area (Å²) in [5.41, 5.74) is 3.11. The molecule has 150 valence electrons. The molecule has 0 radical (unpaired) electrons. The van der Waals surface area contributed by atoms with Crippen molar-refractivity contribution in [3.05, 3.63) is 34.7 Å². The minimum atomic E-state index is -0.134. The number of hydrogen-bond acceptors (Lipinski definition) is 4. The van der Waals surface area contributed by atoms with Crippen LogP contribution in [0.15, 0.2) is 6.20 Å². The lowest BCUT2D eigenvalue weighted by Gasteiger charge is -2.33. The molecule has 8 heteroatoms. The molecule has 1 N–H and O–H groups in total. The summed E-state index contributed by atoms with van der Waals surface area (Å²) in [6.45, 7) is 9.27. The number of imidazole rings is 1. The van der Waals surface area contributed by atoms with E-state index in [-0.39, 0.29) is 17.7 Å². The molecule has 0 aliphatic carbocycles. The number of nitrogens with one attached hydrogen (secondary N) is 1. The third kappa shape index (κ3) is 3.00. The summed E-state index contributed by atoms with van der Waals surface area (Å²) in [6.07, 6.45) is 4.76. The molecule has 4 heterocycles. The largest absolute Gasteiger partial charge is 0.337 e. The highest BCUT2D eigenvalue weighted by Gasteiger charge is 2.35. The Balaban J connectivity index is 1.61. The fraction of sp³-hybridized carbons (Fsp3) is 0.600. The summed E-state index contributed by atoms with van der Waals surface area (Å²) in [5.74, 6) is 0.758. The molecule has 0 saturated carbocycles. The van der Waals surface area contributed by atoms with Crippen LogP contribution in [0.2, 0.25) is 0 Å². The summed E-state index contributed by atoms with van der Waals surface area (Å²) in [6, 6.07) is 0. The van der Waals surface area contributed by atoms with Gasteiger partial charge in [-0.15, -0.1) is 0 Å². The molecule has 2 aromatic rings. The molecule has 2 aliphatic rings. The normalized spacial score (nSPS) is 19.8. The van der Waals surface area contributed by atoms with Crippen LogP contribution in [-0.4, -0.2) is 67.5 Å². The van der Waals surface area contributed by atoms with Gasteiger partial charge in [0.1, 0.15) is 11.5 Å². The predicted octanol–water partition coefficient (Wildman–Crippen LogP) is 1.97. The average Bonchev–Trinajstić information content (AvgIpc) is 3.33. The molecule has 2 amide bonds. The van der Waals surface area contributed by atoms with Gasteiger partial charge in [-0.3, -0.25) is 14.7 Å². The minimum absolute atomic E-state index is 0.0897. The molecule has 2 aliphatic heterocycles. The number of nitrogens with zero attached hydrogens (tertiary/aromatic N) is 5. The number of fused-ring (bicyclic) bond motifs is 1. The first-order chi connectivity index (χ1) is 13.5. The van der Waals surface area contributed by atoms with Gasteiger partial charge in [-0.2, -0.15) is 5.10 Å². The highest BCUT2D eigenvalue weighted by molar-refractivity contribution is 6.05. The van der Waals surface area contributed by atoms with Gasteiger partial charge in [-0.05, 0) is 38.7 Å². The number of aromatic amines is 1. The van der Waals surface area contributed by atoms with Crippen molar-refractivity contribution in [1.29, 1.82) is 0 Å².